The molecule has 0 unspecified atom stereocenters. The highest BCUT2D eigenvalue weighted by molar-refractivity contribution is 5.83. The number of nitrogens with zero attached hydrogens (tertiary/aromatic N) is 2. The van der Waals surface area contributed by atoms with Gasteiger partial charge >= 0.3 is 0 Å². The molecule has 0 aromatic carbocycles. The lowest BCUT2D eigenvalue weighted by Crippen LogP contribution is -2.28. The summed E-state index contributed by atoms with van der Waals surface area (Å²) in [5.74, 6) is 1.28. The van der Waals surface area contributed by atoms with Gasteiger partial charge in [-0.1, -0.05) is 0 Å². The standard InChI is InChI=1S/C9H13N3O/c13-8-3-1-2-6-12(7-8)9-4-5-10-11-9/h4-5H,1-3,6-7H2,(H,10,11). The van der Waals surface area contributed by atoms with E-state index in [4.69, 9.17) is 0 Å². The van der Waals surface area contributed by atoms with Gasteiger partial charge in [-0.3, -0.25) is 9.89 Å². The van der Waals surface area contributed by atoms with E-state index < -0.39 is 0 Å². The SMILES string of the molecule is O=C1CCCCN(c2ccn[nH]2)C1. The first kappa shape index (κ1) is 8.29. The van der Waals surface area contributed by atoms with E-state index in [1.807, 2.05) is 6.07 Å². The number of anilines is 1. The maximum Gasteiger partial charge on any atom is 0.152 e. The average molecular weight is 179 g/mol. The van der Waals surface area contributed by atoms with Crippen molar-refractivity contribution in [2.45, 2.75) is 19.3 Å². The Kier molecular flexibility index (Phi) is 2.29. The molecule has 0 bridgehead atoms. The summed E-state index contributed by atoms with van der Waals surface area (Å²) >= 11 is 0. The minimum absolute atomic E-state index is 0.326. The molecule has 0 amide bonds. The highest BCUT2D eigenvalue weighted by atomic mass is 16.1. The molecule has 4 heteroatoms. The fourth-order valence-corrected chi connectivity index (χ4v) is 1.63. The molecule has 1 aromatic rings. The van der Waals surface area contributed by atoms with Gasteiger partial charge in [0.1, 0.15) is 5.82 Å². The maximum absolute atomic E-state index is 11.3. The Hall–Kier alpha value is -1.32. The summed E-state index contributed by atoms with van der Waals surface area (Å²) in [4.78, 5) is 13.4. The summed E-state index contributed by atoms with van der Waals surface area (Å²) in [6, 6.07) is 1.90. The predicted molar refractivity (Wildman–Crippen MR) is 49.7 cm³/mol. The second kappa shape index (κ2) is 3.60. The Labute approximate surface area is 76.9 Å². The van der Waals surface area contributed by atoms with E-state index in [-0.39, 0.29) is 0 Å². The predicted octanol–water partition coefficient (Wildman–Crippen LogP) is 0.969. The Morgan fingerprint density at radius 2 is 2.38 bits per heavy atom. The third-order valence-electron chi connectivity index (χ3n) is 2.33. The molecule has 1 aliphatic heterocycles. The van der Waals surface area contributed by atoms with Gasteiger partial charge in [-0.05, 0) is 12.8 Å². The van der Waals surface area contributed by atoms with Crippen LogP contribution in [0.3, 0.4) is 0 Å². The number of carbonyl (C=O) groups is 1. The van der Waals surface area contributed by atoms with Gasteiger partial charge in [-0.2, -0.15) is 5.10 Å². The zero-order valence-corrected chi connectivity index (χ0v) is 7.49. The topological polar surface area (TPSA) is 49.0 Å². The maximum atomic E-state index is 11.3. The molecular formula is C9H13N3O. The van der Waals surface area contributed by atoms with Gasteiger partial charge in [0.25, 0.3) is 0 Å². The van der Waals surface area contributed by atoms with Crippen LogP contribution >= 0.6 is 0 Å². The summed E-state index contributed by atoms with van der Waals surface area (Å²) in [7, 11) is 0. The quantitative estimate of drug-likeness (QED) is 0.698. The monoisotopic (exact) mass is 179 g/mol. The fourth-order valence-electron chi connectivity index (χ4n) is 1.63. The fraction of sp³-hybridized carbons (Fsp3) is 0.556. The van der Waals surface area contributed by atoms with Crippen LogP contribution in [-0.2, 0) is 4.79 Å². The molecular weight excluding hydrogens is 166 g/mol. The third kappa shape index (κ3) is 1.88. The number of Topliss-reactive ketones (excluding diaryl/α,β-unsaturated/α-hetero) is 1. The Balaban J connectivity index is 2.09. The highest BCUT2D eigenvalue weighted by Gasteiger charge is 2.15. The molecule has 1 N–H and O–H groups in total. The van der Waals surface area contributed by atoms with E-state index >= 15 is 0 Å². The average Bonchev–Trinajstić information content (AvgIpc) is 2.56. The third-order valence-corrected chi connectivity index (χ3v) is 2.33. The van der Waals surface area contributed by atoms with Gasteiger partial charge in [0, 0.05) is 19.0 Å². The smallest absolute Gasteiger partial charge is 0.152 e. The van der Waals surface area contributed by atoms with Crippen LogP contribution in [0.2, 0.25) is 0 Å². The van der Waals surface area contributed by atoms with E-state index in [0.717, 1.165) is 31.6 Å². The minimum atomic E-state index is 0.326. The van der Waals surface area contributed by atoms with Crippen molar-refractivity contribution in [3.63, 3.8) is 0 Å². The lowest BCUT2D eigenvalue weighted by Gasteiger charge is -2.18. The Bertz CT molecular complexity index is 281. The summed E-state index contributed by atoms with van der Waals surface area (Å²) in [6.07, 6.45) is 4.55. The molecule has 1 aliphatic rings. The molecule has 13 heavy (non-hydrogen) atoms. The largest absolute Gasteiger partial charge is 0.350 e. The van der Waals surface area contributed by atoms with Crippen molar-refractivity contribution in [1.29, 1.82) is 0 Å². The van der Waals surface area contributed by atoms with Crippen LogP contribution in [0.5, 0.6) is 0 Å². The number of hydrogen-bond donors (Lipinski definition) is 1. The van der Waals surface area contributed by atoms with Crippen LogP contribution in [0.25, 0.3) is 0 Å². The molecule has 0 radical (unpaired) electrons. The van der Waals surface area contributed by atoms with Gasteiger partial charge < -0.3 is 4.90 Å². The number of ketones is 1. The van der Waals surface area contributed by atoms with Crippen LogP contribution < -0.4 is 4.90 Å². The number of H-pyrrole nitrogens is 1. The molecule has 0 atom stereocenters. The Morgan fingerprint density at radius 3 is 3.15 bits per heavy atom. The van der Waals surface area contributed by atoms with Crippen molar-refractivity contribution >= 4 is 11.6 Å². The van der Waals surface area contributed by atoms with Gasteiger partial charge in [0.15, 0.2) is 5.78 Å². The van der Waals surface area contributed by atoms with Crippen LogP contribution in [-0.4, -0.2) is 29.1 Å². The lowest BCUT2D eigenvalue weighted by atomic mass is 10.2. The normalized spacial score (nSPS) is 18.8. The molecule has 2 heterocycles. The first-order chi connectivity index (χ1) is 6.36. The lowest BCUT2D eigenvalue weighted by molar-refractivity contribution is -0.117. The van der Waals surface area contributed by atoms with Crippen molar-refractivity contribution in [3.8, 4) is 0 Å². The molecule has 1 fully saturated rings. The molecule has 1 aromatic heterocycles. The zero-order chi connectivity index (χ0) is 9.10. The molecule has 0 spiro atoms. The van der Waals surface area contributed by atoms with Gasteiger partial charge in [-0.25, -0.2) is 0 Å². The molecule has 70 valence electrons. The van der Waals surface area contributed by atoms with Gasteiger partial charge in [0.2, 0.25) is 0 Å². The van der Waals surface area contributed by atoms with Gasteiger partial charge in [-0.15, -0.1) is 0 Å². The molecule has 0 aliphatic carbocycles. The van der Waals surface area contributed by atoms with Crippen LogP contribution in [0.15, 0.2) is 12.3 Å². The molecule has 4 nitrogen and oxygen atoms in total. The van der Waals surface area contributed by atoms with Crippen molar-refractivity contribution in [2.75, 3.05) is 18.0 Å². The number of nitrogens with one attached hydrogen (secondary N) is 1. The van der Waals surface area contributed by atoms with Crippen LogP contribution in [0, 0.1) is 0 Å². The second-order valence-corrected chi connectivity index (χ2v) is 3.36. The van der Waals surface area contributed by atoms with E-state index in [1.54, 1.807) is 6.20 Å². The van der Waals surface area contributed by atoms with Crippen molar-refractivity contribution in [1.82, 2.24) is 10.2 Å². The molecule has 1 saturated heterocycles. The van der Waals surface area contributed by atoms with Crippen molar-refractivity contribution in [3.05, 3.63) is 12.3 Å². The van der Waals surface area contributed by atoms with Crippen molar-refractivity contribution in [2.24, 2.45) is 0 Å². The first-order valence-electron chi connectivity index (χ1n) is 4.62. The Morgan fingerprint density at radius 1 is 1.46 bits per heavy atom. The van der Waals surface area contributed by atoms with Crippen LogP contribution in [0.1, 0.15) is 19.3 Å². The van der Waals surface area contributed by atoms with Gasteiger partial charge in [0.05, 0.1) is 12.7 Å². The number of hydrogen-bond acceptors (Lipinski definition) is 3. The molecule has 0 saturated carbocycles. The van der Waals surface area contributed by atoms with E-state index in [9.17, 15) is 4.79 Å². The van der Waals surface area contributed by atoms with Crippen molar-refractivity contribution < 1.29 is 4.79 Å². The molecule has 2 rings (SSSR count). The number of carbonyl (C=O) groups excluding carboxylic acids is 1. The van der Waals surface area contributed by atoms with E-state index in [2.05, 4.69) is 15.1 Å². The zero-order valence-electron chi connectivity index (χ0n) is 7.49. The summed E-state index contributed by atoms with van der Waals surface area (Å²) in [5, 5.41) is 6.75. The number of aromatic amines is 1. The summed E-state index contributed by atoms with van der Waals surface area (Å²) in [6.45, 7) is 1.48. The summed E-state index contributed by atoms with van der Waals surface area (Å²) in [5.41, 5.74) is 0. The highest BCUT2D eigenvalue weighted by Crippen LogP contribution is 2.14. The van der Waals surface area contributed by atoms with Crippen LogP contribution in [0.4, 0.5) is 5.82 Å². The second-order valence-electron chi connectivity index (χ2n) is 3.36. The van der Waals surface area contributed by atoms with E-state index in [0.29, 0.717) is 12.3 Å². The number of aromatic nitrogens is 2. The number of rotatable bonds is 1. The minimum Gasteiger partial charge on any atom is -0.350 e. The first-order valence-corrected chi connectivity index (χ1v) is 4.62. The van der Waals surface area contributed by atoms with E-state index in [1.165, 1.54) is 0 Å². The summed E-state index contributed by atoms with van der Waals surface area (Å²) < 4.78 is 0.